The molecule has 0 aromatic carbocycles. The molecule has 90 valence electrons. The third-order valence-corrected chi connectivity index (χ3v) is 3.48. The largest absolute Gasteiger partial charge is 0.354 e. The number of allylic oxidation sites excluding steroid dienone is 1. The molecule has 2 N–H and O–H groups in total. The molecule has 0 saturated carbocycles. The van der Waals surface area contributed by atoms with Crippen molar-refractivity contribution in [1.29, 1.82) is 0 Å². The molecular formula is C13H22N2O. The third-order valence-electron chi connectivity index (χ3n) is 3.48. The second-order valence-electron chi connectivity index (χ2n) is 4.88. The summed E-state index contributed by atoms with van der Waals surface area (Å²) in [5.74, 6) is 0.196. The van der Waals surface area contributed by atoms with E-state index in [1.807, 2.05) is 0 Å². The predicted octanol–water partition coefficient (Wildman–Crippen LogP) is 1.75. The quantitative estimate of drug-likeness (QED) is 0.711. The van der Waals surface area contributed by atoms with Crippen LogP contribution in [0.1, 0.15) is 44.9 Å². The van der Waals surface area contributed by atoms with Crippen molar-refractivity contribution in [3.05, 3.63) is 11.6 Å². The Morgan fingerprint density at radius 3 is 3.06 bits per heavy atom. The van der Waals surface area contributed by atoms with Gasteiger partial charge in [-0.15, -0.1) is 0 Å². The van der Waals surface area contributed by atoms with Crippen LogP contribution in [0.2, 0.25) is 0 Å². The van der Waals surface area contributed by atoms with E-state index < -0.39 is 0 Å². The molecule has 0 aromatic heterocycles. The van der Waals surface area contributed by atoms with Crippen LogP contribution in [0.3, 0.4) is 0 Å². The number of hydrogen-bond donors (Lipinski definition) is 2. The van der Waals surface area contributed by atoms with Gasteiger partial charge in [-0.1, -0.05) is 11.6 Å². The number of rotatable bonds is 4. The molecule has 1 amide bonds. The summed E-state index contributed by atoms with van der Waals surface area (Å²) in [6.45, 7) is 1.90. The summed E-state index contributed by atoms with van der Waals surface area (Å²) in [5.41, 5.74) is 1.34. The van der Waals surface area contributed by atoms with Gasteiger partial charge in [0.15, 0.2) is 0 Å². The molecule has 1 saturated heterocycles. The molecule has 1 unspecified atom stereocenters. The van der Waals surface area contributed by atoms with E-state index >= 15 is 0 Å². The van der Waals surface area contributed by atoms with E-state index in [0.717, 1.165) is 25.9 Å². The highest BCUT2D eigenvalue weighted by Gasteiger charge is 2.15. The molecule has 3 nitrogen and oxygen atoms in total. The Morgan fingerprint density at radius 2 is 2.38 bits per heavy atom. The molecule has 0 bridgehead atoms. The third kappa shape index (κ3) is 3.63. The molecular weight excluding hydrogens is 200 g/mol. The fourth-order valence-electron chi connectivity index (χ4n) is 2.50. The first-order chi connectivity index (χ1) is 7.84. The number of hydrogen-bond acceptors (Lipinski definition) is 2. The van der Waals surface area contributed by atoms with E-state index in [1.54, 1.807) is 0 Å². The number of carbonyl (C=O) groups excluding carboxylic acids is 1. The van der Waals surface area contributed by atoms with Crippen LogP contribution >= 0.6 is 0 Å². The van der Waals surface area contributed by atoms with Gasteiger partial charge in [-0.25, -0.2) is 0 Å². The lowest BCUT2D eigenvalue weighted by molar-refractivity contribution is -0.120. The summed E-state index contributed by atoms with van der Waals surface area (Å²) in [7, 11) is 0. The summed E-state index contributed by atoms with van der Waals surface area (Å²) in [6.07, 6.45) is 10.1. The van der Waals surface area contributed by atoms with Gasteiger partial charge in [-0.05, 0) is 45.1 Å². The van der Waals surface area contributed by atoms with E-state index in [9.17, 15) is 4.79 Å². The van der Waals surface area contributed by atoms with Crippen molar-refractivity contribution >= 4 is 5.91 Å². The Balaban J connectivity index is 1.65. The zero-order chi connectivity index (χ0) is 11.2. The van der Waals surface area contributed by atoms with E-state index in [4.69, 9.17) is 0 Å². The van der Waals surface area contributed by atoms with Crippen LogP contribution < -0.4 is 10.6 Å². The van der Waals surface area contributed by atoms with Gasteiger partial charge in [0.05, 0.1) is 0 Å². The van der Waals surface area contributed by atoms with E-state index in [1.165, 1.54) is 31.3 Å². The molecule has 2 rings (SSSR count). The maximum atomic E-state index is 11.7. The lowest BCUT2D eigenvalue weighted by atomic mass is 9.97. The molecule has 0 aromatic rings. The summed E-state index contributed by atoms with van der Waals surface area (Å²) in [6, 6.07) is 0.504. The Hall–Kier alpha value is -0.830. The molecule has 1 heterocycles. The minimum Gasteiger partial charge on any atom is -0.354 e. The average molecular weight is 222 g/mol. The van der Waals surface area contributed by atoms with Gasteiger partial charge in [0.1, 0.15) is 0 Å². The summed E-state index contributed by atoms with van der Waals surface area (Å²) in [5, 5.41) is 6.42. The minimum absolute atomic E-state index is 0.196. The lowest BCUT2D eigenvalue weighted by Gasteiger charge is -2.14. The van der Waals surface area contributed by atoms with Crippen LogP contribution in [-0.4, -0.2) is 25.0 Å². The van der Waals surface area contributed by atoms with Crippen molar-refractivity contribution in [3.63, 3.8) is 0 Å². The maximum Gasteiger partial charge on any atom is 0.224 e. The van der Waals surface area contributed by atoms with E-state index in [-0.39, 0.29) is 5.91 Å². The normalized spacial score (nSPS) is 25.2. The lowest BCUT2D eigenvalue weighted by Crippen LogP contribution is -2.37. The summed E-state index contributed by atoms with van der Waals surface area (Å²) >= 11 is 0. The van der Waals surface area contributed by atoms with Crippen LogP contribution in [0.25, 0.3) is 0 Å². The zero-order valence-corrected chi connectivity index (χ0v) is 9.93. The van der Waals surface area contributed by atoms with Crippen molar-refractivity contribution in [2.45, 2.75) is 51.0 Å². The Kier molecular flexibility index (Phi) is 4.40. The molecule has 1 aliphatic heterocycles. The van der Waals surface area contributed by atoms with Crippen LogP contribution in [0.4, 0.5) is 0 Å². The fourth-order valence-corrected chi connectivity index (χ4v) is 2.50. The van der Waals surface area contributed by atoms with Gasteiger partial charge in [-0.3, -0.25) is 4.79 Å². The number of amides is 1. The molecule has 16 heavy (non-hydrogen) atoms. The van der Waals surface area contributed by atoms with Crippen LogP contribution in [0.5, 0.6) is 0 Å². The predicted molar refractivity (Wildman–Crippen MR) is 65.2 cm³/mol. The number of nitrogens with one attached hydrogen (secondary N) is 2. The molecule has 1 fully saturated rings. The van der Waals surface area contributed by atoms with Gasteiger partial charge in [0.25, 0.3) is 0 Å². The average Bonchev–Trinajstić information content (AvgIpc) is 2.81. The monoisotopic (exact) mass is 222 g/mol. The highest BCUT2D eigenvalue weighted by Crippen LogP contribution is 2.19. The van der Waals surface area contributed by atoms with Crippen molar-refractivity contribution in [3.8, 4) is 0 Å². The molecule has 1 aliphatic carbocycles. The van der Waals surface area contributed by atoms with Crippen LogP contribution in [-0.2, 0) is 4.79 Å². The standard InChI is InChI=1S/C13H22N2O/c16-13(9-11-5-2-1-3-6-11)15-10-12-7-4-8-14-12/h5,12,14H,1-4,6-10H2,(H,15,16). The fraction of sp³-hybridized carbons (Fsp3) is 0.769. The zero-order valence-electron chi connectivity index (χ0n) is 9.93. The van der Waals surface area contributed by atoms with Crippen molar-refractivity contribution in [2.75, 3.05) is 13.1 Å². The second kappa shape index (κ2) is 6.04. The van der Waals surface area contributed by atoms with Gasteiger partial charge < -0.3 is 10.6 Å². The highest BCUT2D eigenvalue weighted by atomic mass is 16.1. The van der Waals surface area contributed by atoms with E-state index in [2.05, 4.69) is 16.7 Å². The SMILES string of the molecule is O=C(CC1=CCCCC1)NCC1CCCN1. The van der Waals surface area contributed by atoms with Crippen LogP contribution in [0, 0.1) is 0 Å². The van der Waals surface area contributed by atoms with Crippen molar-refractivity contribution in [1.82, 2.24) is 10.6 Å². The Labute approximate surface area is 97.7 Å². The molecule has 1 atom stereocenters. The van der Waals surface area contributed by atoms with E-state index in [0.29, 0.717) is 12.5 Å². The first-order valence-corrected chi connectivity index (χ1v) is 6.52. The molecule has 2 aliphatic rings. The van der Waals surface area contributed by atoms with Crippen LogP contribution in [0.15, 0.2) is 11.6 Å². The molecule has 0 spiro atoms. The Morgan fingerprint density at radius 1 is 1.44 bits per heavy atom. The van der Waals surface area contributed by atoms with Gasteiger partial charge in [0.2, 0.25) is 5.91 Å². The second-order valence-corrected chi connectivity index (χ2v) is 4.88. The van der Waals surface area contributed by atoms with Crippen molar-refractivity contribution in [2.24, 2.45) is 0 Å². The maximum absolute atomic E-state index is 11.7. The first-order valence-electron chi connectivity index (χ1n) is 6.52. The highest BCUT2D eigenvalue weighted by molar-refractivity contribution is 5.78. The number of carbonyl (C=O) groups is 1. The smallest absolute Gasteiger partial charge is 0.224 e. The van der Waals surface area contributed by atoms with Crippen molar-refractivity contribution < 1.29 is 4.79 Å². The first kappa shape index (κ1) is 11.6. The molecule has 0 radical (unpaired) electrons. The summed E-state index contributed by atoms with van der Waals surface area (Å²) < 4.78 is 0. The summed E-state index contributed by atoms with van der Waals surface area (Å²) in [4.78, 5) is 11.7. The van der Waals surface area contributed by atoms with Gasteiger partial charge in [-0.2, -0.15) is 0 Å². The van der Waals surface area contributed by atoms with Gasteiger partial charge in [0, 0.05) is 19.0 Å². The topological polar surface area (TPSA) is 41.1 Å². The Bertz CT molecular complexity index is 267. The minimum atomic E-state index is 0.196. The molecule has 3 heteroatoms. The van der Waals surface area contributed by atoms with Gasteiger partial charge >= 0.3 is 0 Å².